The van der Waals surface area contributed by atoms with Crippen LogP contribution in [0.15, 0.2) is 35.1 Å². The predicted octanol–water partition coefficient (Wildman–Crippen LogP) is 4.06. The van der Waals surface area contributed by atoms with Gasteiger partial charge in [0, 0.05) is 17.7 Å². The Labute approximate surface area is 130 Å². The highest BCUT2D eigenvalue weighted by atomic mass is 16.7. The maximum atomic E-state index is 9.45. The van der Waals surface area contributed by atoms with Gasteiger partial charge in [0.15, 0.2) is 12.1 Å². The van der Waals surface area contributed by atoms with Crippen molar-refractivity contribution in [1.82, 2.24) is 5.16 Å². The summed E-state index contributed by atoms with van der Waals surface area (Å²) < 4.78 is 16.7. The van der Waals surface area contributed by atoms with Crippen molar-refractivity contribution >= 4 is 5.57 Å². The van der Waals surface area contributed by atoms with Gasteiger partial charge in [0.2, 0.25) is 0 Å². The van der Waals surface area contributed by atoms with E-state index in [0.717, 1.165) is 37.1 Å². The highest BCUT2D eigenvalue weighted by molar-refractivity contribution is 5.71. The summed E-state index contributed by atoms with van der Waals surface area (Å²) in [7, 11) is 0. The van der Waals surface area contributed by atoms with Gasteiger partial charge >= 0.3 is 0 Å². The van der Waals surface area contributed by atoms with Gasteiger partial charge in [-0.05, 0) is 51.3 Å². The number of ether oxygens (including phenoxy) is 2. The molecule has 0 amide bonds. The fourth-order valence-electron chi connectivity index (χ4n) is 2.19. The lowest BCUT2D eigenvalue weighted by atomic mass is 10.1. The summed E-state index contributed by atoms with van der Waals surface area (Å²) in [6.07, 6.45) is 7.82. The highest BCUT2D eigenvalue weighted by Gasteiger charge is 2.19. The summed E-state index contributed by atoms with van der Waals surface area (Å²) in [5.41, 5.74) is 2.27. The van der Waals surface area contributed by atoms with Gasteiger partial charge in [0.05, 0.1) is 12.3 Å². The van der Waals surface area contributed by atoms with Gasteiger partial charge in [-0.3, -0.25) is 0 Å². The van der Waals surface area contributed by atoms with E-state index in [2.05, 4.69) is 11.7 Å². The third-order valence-electron chi connectivity index (χ3n) is 3.58. The first-order chi connectivity index (χ1) is 10.6. The fourth-order valence-corrected chi connectivity index (χ4v) is 2.19. The van der Waals surface area contributed by atoms with Crippen molar-refractivity contribution in [3.05, 3.63) is 47.6 Å². The largest absolute Gasteiger partial charge is 0.508 e. The Morgan fingerprint density at radius 2 is 2.27 bits per heavy atom. The van der Waals surface area contributed by atoms with E-state index in [-0.39, 0.29) is 12.0 Å². The molecule has 1 aliphatic rings. The van der Waals surface area contributed by atoms with E-state index < -0.39 is 0 Å². The number of aryl methyl sites for hydroxylation is 1. The zero-order valence-electron chi connectivity index (χ0n) is 13.2. The van der Waals surface area contributed by atoms with Gasteiger partial charge in [0.1, 0.15) is 5.76 Å². The molecule has 1 fully saturated rings. The first kappa shape index (κ1) is 16.5. The third-order valence-corrected chi connectivity index (χ3v) is 3.58. The molecule has 0 spiro atoms. The van der Waals surface area contributed by atoms with Crippen LogP contribution in [0.1, 0.15) is 43.2 Å². The van der Waals surface area contributed by atoms with Crippen molar-refractivity contribution < 1.29 is 19.1 Å². The second kappa shape index (κ2) is 7.96. The lowest BCUT2D eigenvalue weighted by molar-refractivity contribution is -0.169. The molecule has 1 N–H and O–H groups in total. The van der Waals surface area contributed by atoms with Crippen LogP contribution in [0.25, 0.3) is 5.57 Å². The van der Waals surface area contributed by atoms with Crippen LogP contribution < -0.4 is 0 Å². The van der Waals surface area contributed by atoms with Crippen LogP contribution in [0.5, 0.6) is 0 Å². The van der Waals surface area contributed by atoms with Gasteiger partial charge in [-0.15, -0.1) is 0 Å². The first-order valence-electron chi connectivity index (χ1n) is 7.52. The van der Waals surface area contributed by atoms with Crippen molar-refractivity contribution in [1.29, 1.82) is 0 Å². The molecule has 1 aliphatic heterocycles. The lowest BCUT2D eigenvalue weighted by Crippen LogP contribution is -2.22. The van der Waals surface area contributed by atoms with E-state index in [1.165, 1.54) is 0 Å². The average molecular weight is 305 g/mol. The van der Waals surface area contributed by atoms with E-state index in [9.17, 15) is 5.11 Å². The Kier molecular flexibility index (Phi) is 5.98. The molecule has 22 heavy (non-hydrogen) atoms. The summed E-state index contributed by atoms with van der Waals surface area (Å²) in [6, 6.07) is 0. The summed E-state index contributed by atoms with van der Waals surface area (Å²) >= 11 is 0. The smallest absolute Gasteiger partial charge is 0.172 e. The van der Waals surface area contributed by atoms with Crippen LogP contribution in [0.3, 0.4) is 0 Å². The maximum absolute atomic E-state index is 9.45. The van der Waals surface area contributed by atoms with Gasteiger partial charge in [0.25, 0.3) is 0 Å². The third kappa shape index (κ3) is 4.32. The Balaban J connectivity index is 2.03. The molecule has 1 saturated heterocycles. The minimum absolute atomic E-state index is 0.160. The minimum Gasteiger partial charge on any atom is -0.508 e. The summed E-state index contributed by atoms with van der Waals surface area (Å²) in [5.74, 6) is 0.749. The van der Waals surface area contributed by atoms with Gasteiger partial charge in [-0.1, -0.05) is 11.7 Å². The molecule has 0 aliphatic carbocycles. The van der Waals surface area contributed by atoms with Crippen molar-refractivity contribution in [2.75, 3.05) is 6.61 Å². The minimum atomic E-state index is -0.160. The van der Waals surface area contributed by atoms with Crippen molar-refractivity contribution in [2.45, 2.75) is 46.0 Å². The zero-order chi connectivity index (χ0) is 15.9. The molecule has 1 aromatic rings. The number of aliphatic hydroxyl groups is 1. The van der Waals surface area contributed by atoms with E-state index in [1.54, 1.807) is 25.2 Å². The number of allylic oxidation sites excluding steroid dienone is 4. The molecule has 5 nitrogen and oxygen atoms in total. The number of aromatic nitrogens is 1. The van der Waals surface area contributed by atoms with Crippen LogP contribution >= 0.6 is 0 Å². The fraction of sp³-hybridized carbons (Fsp3) is 0.471. The maximum Gasteiger partial charge on any atom is 0.172 e. The Hall–Kier alpha value is -1.85. The van der Waals surface area contributed by atoms with Crippen LogP contribution in [-0.2, 0) is 16.1 Å². The first-order valence-corrected chi connectivity index (χ1v) is 7.52. The molecule has 5 heteroatoms. The monoisotopic (exact) mass is 305 g/mol. The molecule has 1 unspecified atom stereocenters. The standard InChI is InChI=1S/C17H23NO4/c1-4-14(19)9-8-12(2)17-15(13(3)18-22-17)11-21-16-7-5-6-10-20-16/h4,8-9,16,19H,2,5-7,10-11H2,1,3H3/b9-8-,14-4+. The quantitative estimate of drug-likeness (QED) is 0.634. The van der Waals surface area contributed by atoms with Gasteiger partial charge < -0.3 is 19.1 Å². The highest BCUT2D eigenvalue weighted by Crippen LogP contribution is 2.24. The van der Waals surface area contributed by atoms with Crippen LogP contribution in [0, 0.1) is 6.92 Å². The Morgan fingerprint density at radius 3 is 2.95 bits per heavy atom. The zero-order valence-corrected chi connectivity index (χ0v) is 13.2. The molecule has 120 valence electrons. The van der Waals surface area contributed by atoms with E-state index in [0.29, 0.717) is 17.9 Å². The average Bonchev–Trinajstić information content (AvgIpc) is 2.92. The van der Waals surface area contributed by atoms with E-state index in [4.69, 9.17) is 14.0 Å². The van der Waals surface area contributed by atoms with Gasteiger partial charge in [-0.2, -0.15) is 0 Å². The Bertz CT molecular complexity index is 565. The number of nitrogens with zero attached hydrogens (tertiary/aromatic N) is 1. The van der Waals surface area contributed by atoms with Crippen molar-refractivity contribution in [2.24, 2.45) is 0 Å². The van der Waals surface area contributed by atoms with Crippen LogP contribution in [-0.4, -0.2) is 23.2 Å². The normalized spacial score (nSPS) is 19.7. The number of hydrogen-bond donors (Lipinski definition) is 1. The van der Waals surface area contributed by atoms with Crippen molar-refractivity contribution in [3.8, 4) is 0 Å². The lowest BCUT2D eigenvalue weighted by Gasteiger charge is -2.22. The number of rotatable bonds is 6. The molecular weight excluding hydrogens is 282 g/mol. The second-order valence-corrected chi connectivity index (χ2v) is 5.25. The molecule has 1 aromatic heterocycles. The molecule has 1 atom stereocenters. The van der Waals surface area contributed by atoms with Crippen LogP contribution in [0.2, 0.25) is 0 Å². The van der Waals surface area contributed by atoms with E-state index in [1.807, 2.05) is 6.92 Å². The SMILES string of the molecule is C=C(/C=C\C(O)=C/C)c1onc(C)c1COC1CCCCO1. The molecule has 0 bridgehead atoms. The number of hydrogen-bond acceptors (Lipinski definition) is 5. The molecule has 0 saturated carbocycles. The molecular formula is C17H23NO4. The number of aliphatic hydroxyl groups excluding tert-OH is 1. The topological polar surface area (TPSA) is 64.7 Å². The van der Waals surface area contributed by atoms with Crippen LogP contribution in [0.4, 0.5) is 0 Å². The molecule has 2 rings (SSSR count). The summed E-state index contributed by atoms with van der Waals surface area (Å²) in [4.78, 5) is 0. The summed E-state index contributed by atoms with van der Waals surface area (Å²) in [5, 5.41) is 13.4. The van der Waals surface area contributed by atoms with E-state index >= 15 is 0 Å². The molecule has 0 radical (unpaired) electrons. The van der Waals surface area contributed by atoms with Crippen molar-refractivity contribution in [3.63, 3.8) is 0 Å². The molecule has 0 aromatic carbocycles. The second-order valence-electron chi connectivity index (χ2n) is 5.25. The predicted molar refractivity (Wildman–Crippen MR) is 84.2 cm³/mol. The van der Waals surface area contributed by atoms with Gasteiger partial charge in [-0.25, -0.2) is 0 Å². The summed E-state index contributed by atoms with van der Waals surface area (Å²) in [6.45, 7) is 8.70. The Morgan fingerprint density at radius 1 is 1.45 bits per heavy atom. The molecule has 2 heterocycles.